The first-order valence-electron chi connectivity index (χ1n) is 6.49. The van der Waals surface area contributed by atoms with Gasteiger partial charge in [-0.2, -0.15) is 0 Å². The lowest BCUT2D eigenvalue weighted by atomic mass is 9.80. The number of nitrogens with zero attached hydrogens (tertiary/aromatic N) is 2. The van der Waals surface area contributed by atoms with E-state index in [1.54, 1.807) is 0 Å². The van der Waals surface area contributed by atoms with Crippen LogP contribution in [-0.2, 0) is 0 Å². The van der Waals surface area contributed by atoms with Gasteiger partial charge >= 0.3 is 0 Å². The van der Waals surface area contributed by atoms with Crippen molar-refractivity contribution in [2.24, 2.45) is 16.6 Å². The minimum absolute atomic E-state index is 0.403. The lowest BCUT2D eigenvalue weighted by Crippen LogP contribution is -2.28. The number of allylic oxidation sites excluding steroid dienone is 1. The molecule has 0 aromatic carbocycles. The maximum absolute atomic E-state index is 5.55. The topological polar surface area (TPSA) is 41.6 Å². The Kier molecular flexibility index (Phi) is 3.99. The smallest absolute Gasteiger partial charge is 0.124 e. The van der Waals surface area contributed by atoms with Crippen LogP contribution in [0.3, 0.4) is 0 Å². The molecule has 0 bridgehead atoms. The molecule has 1 saturated carbocycles. The molecule has 0 amide bonds. The predicted molar refractivity (Wildman–Crippen MR) is 68.4 cm³/mol. The van der Waals surface area contributed by atoms with Crippen molar-refractivity contribution in [3.63, 3.8) is 0 Å². The number of hydrogen-bond acceptors (Lipinski definition) is 2. The van der Waals surface area contributed by atoms with E-state index in [-0.39, 0.29) is 0 Å². The molecule has 2 rings (SSSR count). The van der Waals surface area contributed by atoms with Crippen LogP contribution in [0.4, 0.5) is 0 Å². The molecule has 0 spiro atoms. The molecular weight excluding hydrogens is 198 g/mol. The Labute approximate surface area is 98.4 Å². The molecule has 0 unspecified atom stereocenters. The number of rotatable bonds is 3. The summed E-state index contributed by atoms with van der Waals surface area (Å²) in [6.07, 6.45) is 8.96. The average molecular weight is 221 g/mol. The van der Waals surface area contributed by atoms with Gasteiger partial charge in [0, 0.05) is 13.1 Å². The molecule has 0 radical (unpaired) electrons. The van der Waals surface area contributed by atoms with Crippen LogP contribution in [0, 0.1) is 5.92 Å². The quantitative estimate of drug-likeness (QED) is 0.586. The Bertz CT molecular complexity index is 284. The number of aliphatic imine (C=N–C) groups is 1. The summed E-state index contributed by atoms with van der Waals surface area (Å²) >= 11 is 0. The standard InChI is InChI=1S/C13H23N3/c1-11(12-5-4-6-12)9-13(15-10-14)16-7-2-3-8-16/h9,12H,2-8,10,14H2,1H3/b11-9+,15-13+. The van der Waals surface area contributed by atoms with Gasteiger partial charge in [0.25, 0.3) is 0 Å². The van der Waals surface area contributed by atoms with Crippen molar-refractivity contribution in [3.05, 3.63) is 11.6 Å². The Balaban J connectivity index is 2.03. The first-order chi connectivity index (χ1) is 7.81. The average Bonchev–Trinajstić information content (AvgIpc) is 2.66. The van der Waals surface area contributed by atoms with Gasteiger partial charge in [-0.3, -0.25) is 4.99 Å². The second kappa shape index (κ2) is 5.48. The van der Waals surface area contributed by atoms with E-state index in [1.165, 1.54) is 37.7 Å². The minimum atomic E-state index is 0.403. The highest BCUT2D eigenvalue weighted by molar-refractivity contribution is 5.93. The zero-order chi connectivity index (χ0) is 11.4. The van der Waals surface area contributed by atoms with E-state index < -0.39 is 0 Å². The molecule has 0 atom stereocenters. The summed E-state index contributed by atoms with van der Waals surface area (Å²) in [5.74, 6) is 1.93. The maximum Gasteiger partial charge on any atom is 0.124 e. The van der Waals surface area contributed by atoms with Gasteiger partial charge in [0.2, 0.25) is 0 Å². The third kappa shape index (κ3) is 2.64. The highest BCUT2D eigenvalue weighted by Crippen LogP contribution is 2.32. The SMILES string of the molecule is C/C(=C\C(=N/CN)N1CCCC1)C1CCC1. The molecule has 90 valence electrons. The molecule has 1 aliphatic carbocycles. The Morgan fingerprint density at radius 1 is 1.31 bits per heavy atom. The monoisotopic (exact) mass is 221 g/mol. The van der Waals surface area contributed by atoms with Crippen molar-refractivity contribution in [2.45, 2.75) is 39.0 Å². The van der Waals surface area contributed by atoms with Crippen LogP contribution >= 0.6 is 0 Å². The van der Waals surface area contributed by atoms with Gasteiger partial charge in [-0.05, 0) is 44.6 Å². The summed E-state index contributed by atoms with van der Waals surface area (Å²) in [7, 11) is 0. The normalized spacial score (nSPS) is 23.8. The fraction of sp³-hybridized carbons (Fsp3) is 0.769. The fourth-order valence-corrected chi connectivity index (χ4v) is 2.46. The Hall–Kier alpha value is -0.830. The Morgan fingerprint density at radius 2 is 2.00 bits per heavy atom. The summed E-state index contributed by atoms with van der Waals surface area (Å²) < 4.78 is 0. The van der Waals surface area contributed by atoms with E-state index in [9.17, 15) is 0 Å². The third-order valence-corrected chi connectivity index (χ3v) is 3.79. The molecule has 0 aromatic rings. The lowest BCUT2D eigenvalue weighted by Gasteiger charge is -2.27. The summed E-state index contributed by atoms with van der Waals surface area (Å²) in [5, 5.41) is 0. The van der Waals surface area contributed by atoms with Gasteiger partial charge in [-0.1, -0.05) is 12.0 Å². The lowest BCUT2D eigenvalue weighted by molar-refractivity contribution is 0.368. The molecule has 2 fully saturated rings. The van der Waals surface area contributed by atoms with Gasteiger partial charge in [0.1, 0.15) is 5.84 Å². The molecule has 1 heterocycles. The highest BCUT2D eigenvalue weighted by atomic mass is 15.2. The van der Waals surface area contributed by atoms with Gasteiger partial charge in [0.15, 0.2) is 0 Å². The van der Waals surface area contributed by atoms with Crippen LogP contribution in [0.2, 0.25) is 0 Å². The summed E-state index contributed by atoms with van der Waals surface area (Å²) in [6, 6.07) is 0. The van der Waals surface area contributed by atoms with Crippen LogP contribution in [0.5, 0.6) is 0 Å². The highest BCUT2D eigenvalue weighted by Gasteiger charge is 2.21. The fourth-order valence-electron chi connectivity index (χ4n) is 2.46. The number of hydrogen-bond donors (Lipinski definition) is 1. The van der Waals surface area contributed by atoms with Gasteiger partial charge < -0.3 is 10.6 Å². The number of likely N-dealkylation sites (tertiary alicyclic amines) is 1. The molecule has 3 nitrogen and oxygen atoms in total. The van der Waals surface area contributed by atoms with Crippen LogP contribution < -0.4 is 5.73 Å². The third-order valence-electron chi connectivity index (χ3n) is 3.79. The van der Waals surface area contributed by atoms with E-state index in [4.69, 9.17) is 5.73 Å². The van der Waals surface area contributed by atoms with Crippen molar-refractivity contribution in [1.82, 2.24) is 4.90 Å². The zero-order valence-corrected chi connectivity index (χ0v) is 10.3. The number of amidine groups is 1. The molecule has 2 aliphatic rings. The van der Waals surface area contributed by atoms with E-state index in [2.05, 4.69) is 22.9 Å². The second-order valence-corrected chi connectivity index (χ2v) is 4.91. The molecule has 16 heavy (non-hydrogen) atoms. The van der Waals surface area contributed by atoms with Crippen LogP contribution in [0.15, 0.2) is 16.6 Å². The van der Waals surface area contributed by atoms with E-state index in [1.807, 2.05) is 0 Å². The zero-order valence-electron chi connectivity index (χ0n) is 10.3. The van der Waals surface area contributed by atoms with Gasteiger partial charge in [-0.15, -0.1) is 0 Å². The number of nitrogens with two attached hydrogens (primary N) is 1. The van der Waals surface area contributed by atoms with Crippen molar-refractivity contribution >= 4 is 5.84 Å². The Morgan fingerprint density at radius 3 is 2.50 bits per heavy atom. The molecule has 2 N–H and O–H groups in total. The van der Waals surface area contributed by atoms with Crippen molar-refractivity contribution < 1.29 is 0 Å². The second-order valence-electron chi connectivity index (χ2n) is 4.91. The molecule has 1 aliphatic heterocycles. The molecule has 0 aromatic heterocycles. The summed E-state index contributed by atoms with van der Waals surface area (Å²) in [6.45, 7) is 4.94. The molecular formula is C13H23N3. The molecule has 1 saturated heterocycles. The van der Waals surface area contributed by atoms with Crippen molar-refractivity contribution in [2.75, 3.05) is 19.8 Å². The van der Waals surface area contributed by atoms with Gasteiger partial charge in [0.05, 0.1) is 6.67 Å². The van der Waals surface area contributed by atoms with E-state index in [0.717, 1.165) is 24.8 Å². The first-order valence-corrected chi connectivity index (χ1v) is 6.49. The first kappa shape index (κ1) is 11.6. The largest absolute Gasteiger partial charge is 0.357 e. The van der Waals surface area contributed by atoms with E-state index >= 15 is 0 Å². The van der Waals surface area contributed by atoms with Crippen LogP contribution in [-0.4, -0.2) is 30.5 Å². The minimum Gasteiger partial charge on any atom is -0.357 e. The van der Waals surface area contributed by atoms with Crippen molar-refractivity contribution in [1.29, 1.82) is 0 Å². The van der Waals surface area contributed by atoms with Crippen LogP contribution in [0.25, 0.3) is 0 Å². The van der Waals surface area contributed by atoms with E-state index in [0.29, 0.717) is 6.67 Å². The summed E-state index contributed by atoms with van der Waals surface area (Å²) in [5.41, 5.74) is 7.04. The van der Waals surface area contributed by atoms with Gasteiger partial charge in [-0.25, -0.2) is 0 Å². The molecule has 3 heteroatoms. The summed E-state index contributed by atoms with van der Waals surface area (Å²) in [4.78, 5) is 6.80. The van der Waals surface area contributed by atoms with Crippen LogP contribution in [0.1, 0.15) is 39.0 Å². The maximum atomic E-state index is 5.55. The van der Waals surface area contributed by atoms with Crippen molar-refractivity contribution in [3.8, 4) is 0 Å². The predicted octanol–water partition coefficient (Wildman–Crippen LogP) is 2.14.